The first-order valence-corrected chi connectivity index (χ1v) is 9.51. The maximum Gasteiger partial charge on any atom is 0.311 e. The summed E-state index contributed by atoms with van der Waals surface area (Å²) < 4.78 is 0. The fourth-order valence-corrected chi connectivity index (χ4v) is 5.13. The van der Waals surface area contributed by atoms with E-state index in [4.69, 9.17) is 5.73 Å². The number of aliphatic hydroxyl groups excluding tert-OH is 3. The lowest BCUT2D eigenvalue weighted by atomic mass is 9.55. The number of nitrogens with zero attached hydrogens (tertiary/aromatic N) is 1. The Balaban J connectivity index is 2.03. The van der Waals surface area contributed by atoms with Crippen LogP contribution in [0, 0.1) is 22.0 Å². The lowest BCUT2D eigenvalue weighted by Crippen LogP contribution is -2.63. The Bertz CT molecular complexity index is 1200. The monoisotopic (exact) mass is 446 g/mol. The molecule has 0 heterocycles. The van der Waals surface area contributed by atoms with Crippen LogP contribution in [0.5, 0.6) is 5.75 Å². The SMILES string of the molecule is CC1c2ccc([N+](=O)[O-])c(O)c2C(O)=C2C(=O)[C@]3(O)C(O)=C(C(N)=O)C(=O)C[C@@H]3C(O)[C@@H]21. The van der Waals surface area contributed by atoms with Gasteiger partial charge < -0.3 is 31.3 Å². The molecule has 1 aromatic carbocycles. The highest BCUT2D eigenvalue weighted by molar-refractivity contribution is 6.23. The number of fused-ring (bicyclic) bond motifs is 3. The highest BCUT2D eigenvalue weighted by atomic mass is 16.6. The summed E-state index contributed by atoms with van der Waals surface area (Å²) in [6.07, 6.45) is -2.34. The summed E-state index contributed by atoms with van der Waals surface area (Å²) in [5.41, 5.74) is -0.431. The molecule has 1 amide bonds. The number of rotatable bonds is 2. The van der Waals surface area contributed by atoms with Gasteiger partial charge in [-0.15, -0.1) is 0 Å². The van der Waals surface area contributed by atoms with E-state index in [1.807, 2.05) is 0 Å². The number of aromatic hydroxyl groups is 1. The number of Topliss-reactive ketones (excluding diaryl/α,β-unsaturated/α-hetero) is 2. The van der Waals surface area contributed by atoms with Crippen LogP contribution in [-0.2, 0) is 14.4 Å². The Hall–Kier alpha value is -3.77. The van der Waals surface area contributed by atoms with Gasteiger partial charge in [0.25, 0.3) is 5.91 Å². The van der Waals surface area contributed by atoms with Gasteiger partial charge in [0, 0.05) is 29.9 Å². The van der Waals surface area contributed by atoms with Crippen molar-refractivity contribution in [1.29, 1.82) is 0 Å². The zero-order chi connectivity index (χ0) is 23.9. The Morgan fingerprint density at radius 2 is 1.88 bits per heavy atom. The standard InChI is InChI=1S/C20H18N2O10/c1-5-6-2-3-8(22(31)32)15(25)11(6)16(26)13-10(5)14(24)7-4-9(23)12(19(21)29)17(27)20(7,30)18(13)28/h2-3,5,7,10,14,24-27,30H,4H2,1H3,(H2,21,29)/t5?,7-,10-,14?,20-/m1/s1. The van der Waals surface area contributed by atoms with Crippen LogP contribution in [-0.4, -0.2) is 59.6 Å². The molecule has 0 aromatic heterocycles. The van der Waals surface area contributed by atoms with Crippen molar-refractivity contribution < 1.29 is 44.8 Å². The lowest BCUT2D eigenvalue weighted by Gasteiger charge is -2.50. The summed E-state index contributed by atoms with van der Waals surface area (Å²) in [6, 6.07) is 2.27. The molecule has 0 spiro atoms. The molecule has 3 aliphatic carbocycles. The summed E-state index contributed by atoms with van der Waals surface area (Å²) in [4.78, 5) is 47.7. The third kappa shape index (κ3) is 2.41. The van der Waals surface area contributed by atoms with Gasteiger partial charge in [-0.1, -0.05) is 13.0 Å². The minimum absolute atomic E-state index is 0.191. The van der Waals surface area contributed by atoms with Crippen LogP contribution < -0.4 is 5.73 Å². The predicted octanol–water partition coefficient (Wildman–Crippen LogP) is -0.136. The number of carbonyl (C=O) groups excluding carboxylic acids is 3. The number of primary amides is 1. The molecule has 1 saturated carbocycles. The number of hydrogen-bond acceptors (Lipinski definition) is 10. The Labute approximate surface area is 179 Å². The minimum Gasteiger partial charge on any atom is -0.508 e. The van der Waals surface area contributed by atoms with Crippen molar-refractivity contribution in [3.05, 3.63) is 50.3 Å². The molecule has 7 N–H and O–H groups in total. The quantitative estimate of drug-likeness (QED) is 0.200. The van der Waals surface area contributed by atoms with E-state index in [-0.39, 0.29) is 5.56 Å². The largest absolute Gasteiger partial charge is 0.508 e. The van der Waals surface area contributed by atoms with Gasteiger partial charge in [-0.3, -0.25) is 24.5 Å². The molecule has 2 unspecified atom stereocenters. The van der Waals surface area contributed by atoms with E-state index in [9.17, 15) is 50.0 Å². The van der Waals surface area contributed by atoms with Crippen molar-refractivity contribution in [3.8, 4) is 5.75 Å². The summed E-state index contributed by atoms with van der Waals surface area (Å²) in [5, 5.41) is 65.1. The molecule has 1 aromatic rings. The minimum atomic E-state index is -2.95. The number of phenolic OH excluding ortho intramolecular Hbond substituents is 1. The molecule has 3 aliphatic rings. The number of ketones is 2. The van der Waals surface area contributed by atoms with Crippen LogP contribution in [0.25, 0.3) is 5.76 Å². The average Bonchev–Trinajstić information content (AvgIpc) is 2.70. The predicted molar refractivity (Wildman–Crippen MR) is 104 cm³/mol. The third-order valence-corrected chi connectivity index (χ3v) is 6.68. The van der Waals surface area contributed by atoms with Gasteiger partial charge >= 0.3 is 5.69 Å². The maximum absolute atomic E-state index is 13.4. The van der Waals surface area contributed by atoms with E-state index in [1.54, 1.807) is 0 Å². The van der Waals surface area contributed by atoms with E-state index in [1.165, 1.54) is 13.0 Å². The molecule has 12 nitrogen and oxygen atoms in total. The van der Waals surface area contributed by atoms with Crippen molar-refractivity contribution in [2.45, 2.75) is 31.0 Å². The summed E-state index contributed by atoms with van der Waals surface area (Å²) in [6.45, 7) is 1.53. The fraction of sp³-hybridized carbons (Fsp3) is 0.350. The van der Waals surface area contributed by atoms with E-state index < -0.39 is 97.9 Å². The van der Waals surface area contributed by atoms with Crippen molar-refractivity contribution >= 4 is 28.9 Å². The van der Waals surface area contributed by atoms with Gasteiger partial charge in [0.15, 0.2) is 11.4 Å². The second kappa shape index (κ2) is 6.61. The summed E-state index contributed by atoms with van der Waals surface area (Å²) in [7, 11) is 0. The second-order valence-electron chi connectivity index (χ2n) is 8.14. The molecule has 0 bridgehead atoms. The number of carbonyl (C=O) groups is 3. The van der Waals surface area contributed by atoms with Gasteiger partial charge in [-0.2, -0.15) is 0 Å². The zero-order valence-corrected chi connectivity index (χ0v) is 16.5. The molecule has 12 heteroatoms. The highest BCUT2D eigenvalue weighted by Gasteiger charge is 2.65. The molecule has 0 aliphatic heterocycles. The molecular formula is C20H18N2O10. The molecular weight excluding hydrogens is 428 g/mol. The summed E-state index contributed by atoms with van der Waals surface area (Å²) in [5.74, 6) is -10.4. The van der Waals surface area contributed by atoms with Crippen LogP contribution in [0.15, 0.2) is 29.0 Å². The Morgan fingerprint density at radius 1 is 1.25 bits per heavy atom. The zero-order valence-electron chi connectivity index (χ0n) is 16.5. The van der Waals surface area contributed by atoms with E-state index in [0.29, 0.717) is 0 Å². The van der Waals surface area contributed by atoms with Crippen LogP contribution >= 0.6 is 0 Å². The maximum atomic E-state index is 13.4. The molecule has 32 heavy (non-hydrogen) atoms. The first kappa shape index (κ1) is 21.5. The number of nitro groups is 1. The van der Waals surface area contributed by atoms with Crippen LogP contribution in [0.3, 0.4) is 0 Å². The number of phenols is 1. The summed E-state index contributed by atoms with van der Waals surface area (Å²) >= 11 is 0. The van der Waals surface area contributed by atoms with E-state index in [2.05, 4.69) is 0 Å². The number of benzene rings is 1. The lowest BCUT2D eigenvalue weighted by molar-refractivity contribution is -0.385. The van der Waals surface area contributed by atoms with Gasteiger partial charge in [0.1, 0.15) is 17.1 Å². The van der Waals surface area contributed by atoms with E-state index in [0.717, 1.165) is 6.07 Å². The normalized spacial score (nSPS) is 31.7. The second-order valence-corrected chi connectivity index (χ2v) is 8.14. The first-order valence-electron chi connectivity index (χ1n) is 9.51. The van der Waals surface area contributed by atoms with Gasteiger partial charge in [0.2, 0.25) is 11.5 Å². The van der Waals surface area contributed by atoms with Gasteiger partial charge in [-0.25, -0.2) is 0 Å². The van der Waals surface area contributed by atoms with Crippen LogP contribution in [0.1, 0.15) is 30.4 Å². The first-order chi connectivity index (χ1) is 14.8. The van der Waals surface area contributed by atoms with Crippen LogP contribution in [0.4, 0.5) is 5.69 Å². The van der Waals surface area contributed by atoms with Crippen molar-refractivity contribution in [1.82, 2.24) is 0 Å². The highest BCUT2D eigenvalue weighted by Crippen LogP contribution is 2.56. The number of nitro benzene ring substituents is 1. The van der Waals surface area contributed by atoms with Crippen LogP contribution in [0.2, 0.25) is 0 Å². The number of nitrogens with two attached hydrogens (primary N) is 1. The number of amides is 1. The number of hydrogen-bond donors (Lipinski definition) is 6. The average molecular weight is 446 g/mol. The molecule has 0 radical (unpaired) electrons. The van der Waals surface area contributed by atoms with Gasteiger partial charge in [-0.05, 0) is 11.5 Å². The van der Waals surface area contributed by atoms with Crippen molar-refractivity contribution in [2.24, 2.45) is 17.6 Å². The van der Waals surface area contributed by atoms with Gasteiger partial charge in [0.05, 0.1) is 16.6 Å². The number of aliphatic hydroxyl groups is 4. The molecule has 168 valence electrons. The molecule has 0 saturated heterocycles. The molecule has 5 atom stereocenters. The Morgan fingerprint density at radius 3 is 2.44 bits per heavy atom. The topological polar surface area (TPSA) is 222 Å². The smallest absolute Gasteiger partial charge is 0.311 e. The molecule has 4 rings (SSSR count). The van der Waals surface area contributed by atoms with E-state index >= 15 is 0 Å². The molecule has 1 fully saturated rings. The van der Waals surface area contributed by atoms with Crippen molar-refractivity contribution in [2.75, 3.05) is 0 Å². The Kier molecular flexibility index (Phi) is 4.43. The fourth-order valence-electron chi connectivity index (χ4n) is 5.13. The third-order valence-electron chi connectivity index (χ3n) is 6.68. The van der Waals surface area contributed by atoms with Crippen molar-refractivity contribution in [3.63, 3.8) is 0 Å².